The highest BCUT2D eigenvalue weighted by atomic mass is 35.5. The van der Waals surface area contributed by atoms with Gasteiger partial charge in [0.05, 0.1) is 28.5 Å². The average molecular weight is 529 g/mol. The van der Waals surface area contributed by atoms with Gasteiger partial charge in [-0.05, 0) is 13.3 Å². The summed E-state index contributed by atoms with van der Waals surface area (Å²) in [4.78, 5) is 37.7. The number of halogens is 2. The predicted molar refractivity (Wildman–Crippen MR) is 127 cm³/mol. The number of aryl methyl sites for hydroxylation is 2. The Labute approximate surface area is 208 Å². The maximum Gasteiger partial charge on any atom is 0.512 e. The van der Waals surface area contributed by atoms with E-state index in [4.69, 9.17) is 37.8 Å². The van der Waals surface area contributed by atoms with Gasteiger partial charge in [0.1, 0.15) is 17.1 Å². The average Bonchev–Trinajstić information content (AvgIpc) is 3.48. The van der Waals surface area contributed by atoms with Crippen LogP contribution < -0.4 is 15.0 Å². The van der Waals surface area contributed by atoms with Crippen LogP contribution in [-0.4, -0.2) is 69.0 Å². The molecule has 2 atom stereocenters. The van der Waals surface area contributed by atoms with E-state index >= 15 is 0 Å². The third-order valence-electron chi connectivity index (χ3n) is 5.44. The molecule has 1 aliphatic heterocycles. The molecule has 1 saturated heterocycles. The van der Waals surface area contributed by atoms with Gasteiger partial charge in [0.25, 0.3) is 5.91 Å². The molecule has 0 unspecified atom stereocenters. The molecule has 1 aliphatic rings. The van der Waals surface area contributed by atoms with Crippen molar-refractivity contribution in [1.29, 1.82) is 0 Å². The minimum absolute atomic E-state index is 0.138. The number of H-pyrrole nitrogens is 1. The van der Waals surface area contributed by atoms with E-state index in [1.54, 1.807) is 38.2 Å². The monoisotopic (exact) mass is 528 g/mol. The molecule has 34 heavy (non-hydrogen) atoms. The fourth-order valence-corrected chi connectivity index (χ4v) is 5.11. The number of nitrogens with zero attached hydrogens (tertiary/aromatic N) is 4. The number of nitrogens with one attached hydrogen (secondary N) is 2. The summed E-state index contributed by atoms with van der Waals surface area (Å²) in [7, 11) is 3.37. The molecule has 11 nitrogen and oxygen atoms in total. The van der Waals surface area contributed by atoms with Crippen molar-refractivity contribution in [3.05, 3.63) is 34.0 Å². The van der Waals surface area contributed by atoms with E-state index in [0.29, 0.717) is 46.7 Å². The molecule has 4 heterocycles. The molecular formula is C20H22Cl2N6O5S. The Hall–Kier alpha value is -2.80. The van der Waals surface area contributed by atoms with Crippen LogP contribution in [0.25, 0.3) is 11.4 Å². The van der Waals surface area contributed by atoms with Crippen LogP contribution in [0.3, 0.4) is 0 Å². The molecule has 0 aromatic carbocycles. The molecule has 4 rings (SSSR count). The van der Waals surface area contributed by atoms with Gasteiger partial charge in [-0.1, -0.05) is 34.5 Å². The molecule has 182 valence electrons. The zero-order valence-corrected chi connectivity index (χ0v) is 20.8. The number of hydrogen-bond donors (Lipinski definition) is 3. The molecule has 14 heteroatoms. The zero-order chi connectivity index (χ0) is 24.6. The topological polar surface area (TPSA) is 135 Å². The first kappa shape index (κ1) is 24.3. The maximum absolute atomic E-state index is 12.8. The first-order valence-corrected chi connectivity index (χ1v) is 11.8. The number of anilines is 1. The largest absolute Gasteiger partial charge is 0.512 e. The van der Waals surface area contributed by atoms with Gasteiger partial charge < -0.3 is 34.3 Å². The number of piperidine rings is 1. The molecule has 0 radical (unpaired) electrons. The van der Waals surface area contributed by atoms with Gasteiger partial charge in [-0.15, -0.1) is 0 Å². The summed E-state index contributed by atoms with van der Waals surface area (Å²) in [6.07, 6.45) is 2.10. The maximum atomic E-state index is 12.8. The molecule has 3 aromatic rings. The summed E-state index contributed by atoms with van der Waals surface area (Å²) >= 11 is 13.4. The second-order valence-electron chi connectivity index (χ2n) is 7.77. The highest BCUT2D eigenvalue weighted by Gasteiger charge is 2.34. The van der Waals surface area contributed by atoms with Crippen LogP contribution in [0.15, 0.2) is 12.5 Å². The Bertz CT molecular complexity index is 1220. The summed E-state index contributed by atoms with van der Waals surface area (Å²) in [6.45, 7) is 2.70. The minimum Gasteiger partial charge on any atom is -0.449 e. The molecule has 0 saturated carbocycles. The molecule has 1 fully saturated rings. The van der Waals surface area contributed by atoms with Crippen LogP contribution >= 0.6 is 34.5 Å². The number of carbonyl (C=O) groups is 2. The predicted octanol–water partition coefficient (Wildman–Crippen LogP) is 3.57. The van der Waals surface area contributed by atoms with E-state index in [1.807, 2.05) is 4.90 Å². The van der Waals surface area contributed by atoms with E-state index in [2.05, 4.69) is 20.3 Å². The molecule has 1 amide bonds. The van der Waals surface area contributed by atoms with E-state index < -0.39 is 6.16 Å². The van der Waals surface area contributed by atoms with Gasteiger partial charge in [0, 0.05) is 39.1 Å². The molecule has 0 aliphatic carbocycles. The number of imidazole rings is 1. The Morgan fingerprint density at radius 1 is 1.35 bits per heavy atom. The standard InChI is InChI=1S/C20H22Cl2N6O5S/c1-9-13(21)14(22)16(24-9)17(29)25-10-4-5-28(7-12(10)32-3)19-26-15(11-6-27(2)8-23-11)18(34-19)33-20(30)31/h6,8,10,12,24H,4-5,7H2,1-3H3,(H,25,29)(H,30,31)/t10-,12+/m1/s1. The Balaban J connectivity index is 1.51. The van der Waals surface area contributed by atoms with Gasteiger partial charge >= 0.3 is 6.16 Å². The summed E-state index contributed by atoms with van der Waals surface area (Å²) in [6, 6.07) is -0.280. The molecule has 3 N–H and O–H groups in total. The van der Waals surface area contributed by atoms with Crippen LogP contribution in [0.4, 0.5) is 9.93 Å². The van der Waals surface area contributed by atoms with Crippen molar-refractivity contribution < 1.29 is 24.2 Å². The minimum atomic E-state index is -1.43. The number of ether oxygens (including phenoxy) is 2. The fourth-order valence-electron chi connectivity index (χ4n) is 3.74. The summed E-state index contributed by atoms with van der Waals surface area (Å²) < 4.78 is 12.3. The Morgan fingerprint density at radius 3 is 2.71 bits per heavy atom. The van der Waals surface area contributed by atoms with Gasteiger partial charge in [-0.25, -0.2) is 14.8 Å². The van der Waals surface area contributed by atoms with Crippen LogP contribution in [0.2, 0.25) is 10.0 Å². The number of thiazole rings is 1. The van der Waals surface area contributed by atoms with Gasteiger partial charge in [0.15, 0.2) is 5.13 Å². The van der Waals surface area contributed by atoms with E-state index in [-0.39, 0.29) is 33.8 Å². The van der Waals surface area contributed by atoms with E-state index in [9.17, 15) is 9.59 Å². The van der Waals surface area contributed by atoms with E-state index in [0.717, 1.165) is 11.3 Å². The Kier molecular flexibility index (Phi) is 7.03. The third kappa shape index (κ3) is 4.85. The number of carbonyl (C=O) groups excluding carboxylic acids is 1. The summed E-state index contributed by atoms with van der Waals surface area (Å²) in [5.74, 6) is -0.371. The van der Waals surface area contributed by atoms with Crippen LogP contribution in [-0.2, 0) is 11.8 Å². The zero-order valence-electron chi connectivity index (χ0n) is 18.5. The van der Waals surface area contributed by atoms with Crippen molar-refractivity contribution in [2.75, 3.05) is 25.1 Å². The molecular weight excluding hydrogens is 507 g/mol. The second kappa shape index (κ2) is 9.82. The van der Waals surface area contributed by atoms with Crippen molar-refractivity contribution in [2.45, 2.75) is 25.5 Å². The first-order chi connectivity index (χ1) is 16.2. The third-order valence-corrected chi connectivity index (χ3v) is 7.38. The van der Waals surface area contributed by atoms with Crippen molar-refractivity contribution in [1.82, 2.24) is 24.8 Å². The molecule has 3 aromatic heterocycles. The summed E-state index contributed by atoms with van der Waals surface area (Å²) in [5, 5.41) is 13.3. The number of hydrogen-bond acceptors (Lipinski definition) is 8. The molecule has 0 bridgehead atoms. The lowest BCUT2D eigenvalue weighted by atomic mass is 10.0. The van der Waals surface area contributed by atoms with Crippen molar-refractivity contribution in [3.8, 4) is 16.5 Å². The second-order valence-corrected chi connectivity index (χ2v) is 9.46. The van der Waals surface area contributed by atoms with Crippen LogP contribution in [0, 0.1) is 6.92 Å². The number of aromatic nitrogens is 4. The highest BCUT2D eigenvalue weighted by molar-refractivity contribution is 7.18. The lowest BCUT2D eigenvalue weighted by Crippen LogP contribution is -2.55. The van der Waals surface area contributed by atoms with Crippen molar-refractivity contribution in [2.24, 2.45) is 7.05 Å². The van der Waals surface area contributed by atoms with Gasteiger partial charge in [0.2, 0.25) is 5.06 Å². The molecule has 0 spiro atoms. The number of amides is 1. The SMILES string of the molecule is CO[C@H]1CN(c2nc(-c3cn(C)cn3)c(OC(=O)O)s2)CC[C@H]1NC(=O)c1[nH]c(C)c(Cl)c1Cl. The fraction of sp³-hybridized carbons (Fsp3) is 0.400. The van der Waals surface area contributed by atoms with Crippen LogP contribution in [0.5, 0.6) is 5.06 Å². The Morgan fingerprint density at radius 2 is 2.12 bits per heavy atom. The van der Waals surface area contributed by atoms with Gasteiger partial charge in [-0.3, -0.25) is 4.79 Å². The summed E-state index contributed by atoms with van der Waals surface area (Å²) in [5.41, 5.74) is 1.67. The number of methoxy groups -OCH3 is 1. The van der Waals surface area contributed by atoms with Crippen molar-refractivity contribution in [3.63, 3.8) is 0 Å². The lowest BCUT2D eigenvalue weighted by Gasteiger charge is -2.37. The smallest absolute Gasteiger partial charge is 0.449 e. The highest BCUT2D eigenvalue weighted by Crippen LogP contribution is 2.40. The normalized spacial score (nSPS) is 18.2. The number of carboxylic acid groups (broad SMARTS) is 1. The number of aromatic amines is 1. The number of rotatable bonds is 6. The van der Waals surface area contributed by atoms with Crippen molar-refractivity contribution >= 4 is 51.7 Å². The lowest BCUT2D eigenvalue weighted by molar-refractivity contribution is 0.0540. The van der Waals surface area contributed by atoms with E-state index in [1.165, 1.54) is 0 Å². The van der Waals surface area contributed by atoms with Crippen LogP contribution in [0.1, 0.15) is 22.6 Å². The van der Waals surface area contributed by atoms with Gasteiger partial charge in [-0.2, -0.15) is 0 Å². The first-order valence-electron chi connectivity index (χ1n) is 10.2. The quantitative estimate of drug-likeness (QED) is 0.413.